The van der Waals surface area contributed by atoms with E-state index in [1.807, 2.05) is 32.0 Å². The van der Waals surface area contributed by atoms with E-state index in [4.69, 9.17) is 19.3 Å². The second kappa shape index (κ2) is 8.43. The number of amides is 1. The van der Waals surface area contributed by atoms with E-state index in [0.29, 0.717) is 43.4 Å². The zero-order chi connectivity index (χ0) is 21.0. The minimum Gasteiger partial charge on any atom is -0.496 e. The Labute approximate surface area is 169 Å². The van der Waals surface area contributed by atoms with E-state index in [9.17, 15) is 9.59 Å². The largest absolute Gasteiger partial charge is 0.496 e. The van der Waals surface area contributed by atoms with Crippen molar-refractivity contribution in [1.29, 1.82) is 0 Å². The molecule has 1 aliphatic rings. The molecule has 3 rings (SSSR count). The lowest BCUT2D eigenvalue weighted by Gasteiger charge is -2.26. The number of hydrogen-bond donors (Lipinski definition) is 2. The number of methoxy groups -OCH3 is 1. The molecule has 1 heterocycles. The lowest BCUT2D eigenvalue weighted by atomic mass is 9.83. The number of carbonyl (C=O) groups excluding carboxylic acids is 1. The third-order valence-electron chi connectivity index (χ3n) is 5.05. The second-order valence-electron chi connectivity index (χ2n) is 7.32. The van der Waals surface area contributed by atoms with E-state index >= 15 is 0 Å². The summed E-state index contributed by atoms with van der Waals surface area (Å²) >= 11 is 0. The maximum atomic E-state index is 12.8. The monoisotopic (exact) mass is 399 g/mol. The van der Waals surface area contributed by atoms with Gasteiger partial charge in [0.2, 0.25) is 5.91 Å². The number of carboxylic acid groups (broad SMARTS) is 1. The summed E-state index contributed by atoms with van der Waals surface area (Å²) in [6.45, 7) is 5.13. The van der Waals surface area contributed by atoms with Crippen molar-refractivity contribution in [3.05, 3.63) is 53.1 Å². The van der Waals surface area contributed by atoms with Crippen molar-refractivity contribution >= 4 is 11.9 Å². The van der Waals surface area contributed by atoms with Gasteiger partial charge in [0.15, 0.2) is 11.5 Å². The van der Waals surface area contributed by atoms with Gasteiger partial charge < -0.3 is 24.6 Å². The summed E-state index contributed by atoms with van der Waals surface area (Å²) < 4.78 is 16.4. The first kappa shape index (κ1) is 20.5. The maximum Gasteiger partial charge on any atom is 0.335 e. The van der Waals surface area contributed by atoms with Crippen molar-refractivity contribution in [2.45, 2.75) is 25.7 Å². The molecule has 0 radical (unpaired) electrons. The summed E-state index contributed by atoms with van der Waals surface area (Å²) in [6, 6.07) is 10.3. The van der Waals surface area contributed by atoms with Crippen LogP contribution in [-0.4, -0.2) is 43.9 Å². The molecule has 0 aromatic heterocycles. The average molecular weight is 399 g/mol. The Balaban J connectivity index is 1.65. The first-order valence-electron chi connectivity index (χ1n) is 9.41. The van der Waals surface area contributed by atoms with Crippen molar-refractivity contribution < 1.29 is 28.9 Å². The number of carbonyl (C=O) groups is 2. The van der Waals surface area contributed by atoms with Gasteiger partial charge in [0.05, 0.1) is 18.1 Å². The summed E-state index contributed by atoms with van der Waals surface area (Å²) in [5, 5.41) is 12.0. The first-order chi connectivity index (χ1) is 13.8. The smallest absolute Gasteiger partial charge is 0.335 e. The Hall–Kier alpha value is -3.22. The van der Waals surface area contributed by atoms with Gasteiger partial charge in [0, 0.05) is 6.54 Å². The molecule has 7 nitrogen and oxygen atoms in total. The van der Waals surface area contributed by atoms with Crippen LogP contribution in [0.4, 0.5) is 0 Å². The van der Waals surface area contributed by atoms with Crippen molar-refractivity contribution in [1.82, 2.24) is 5.32 Å². The molecule has 0 bridgehead atoms. The highest BCUT2D eigenvalue weighted by atomic mass is 16.6. The summed E-state index contributed by atoms with van der Waals surface area (Å²) in [4.78, 5) is 23.9. The molecule has 29 heavy (non-hydrogen) atoms. The van der Waals surface area contributed by atoms with E-state index in [2.05, 4.69) is 5.32 Å². The lowest BCUT2D eigenvalue weighted by Crippen LogP contribution is -2.41. The fourth-order valence-corrected chi connectivity index (χ4v) is 3.18. The van der Waals surface area contributed by atoms with Crippen LogP contribution in [0.25, 0.3) is 0 Å². The van der Waals surface area contributed by atoms with Gasteiger partial charge in [-0.3, -0.25) is 4.79 Å². The third kappa shape index (κ3) is 4.45. The highest BCUT2D eigenvalue weighted by molar-refractivity contribution is 5.88. The average Bonchev–Trinajstić information content (AvgIpc) is 2.73. The maximum absolute atomic E-state index is 12.8. The Bertz CT molecular complexity index is 922. The summed E-state index contributed by atoms with van der Waals surface area (Å²) in [5.41, 5.74) is 1.07. The van der Waals surface area contributed by atoms with Gasteiger partial charge in [0.1, 0.15) is 19.0 Å². The standard InChI is InChI=1S/C22H25NO6/c1-22(2,16-6-7-17-19(13-16)29-11-10-28-17)21(26)23-9-8-14-4-5-15(20(24)25)12-18(14)27-3/h4-7,12-13H,8-11H2,1-3H3,(H,23,26)(H,24,25). The van der Waals surface area contributed by atoms with Crippen molar-refractivity contribution in [2.24, 2.45) is 0 Å². The molecule has 0 saturated heterocycles. The molecule has 0 aliphatic carbocycles. The van der Waals surface area contributed by atoms with Crippen molar-refractivity contribution in [3.63, 3.8) is 0 Å². The van der Waals surface area contributed by atoms with Crippen LogP contribution in [0.15, 0.2) is 36.4 Å². The number of carboxylic acids is 1. The number of ether oxygens (including phenoxy) is 3. The normalized spacial score (nSPS) is 12.9. The lowest BCUT2D eigenvalue weighted by molar-refractivity contribution is -0.125. The number of benzene rings is 2. The Kier molecular flexibility index (Phi) is 5.96. The van der Waals surface area contributed by atoms with E-state index in [1.54, 1.807) is 6.07 Å². The molecular formula is C22H25NO6. The minimum atomic E-state index is -1.01. The van der Waals surface area contributed by atoms with Crippen molar-refractivity contribution in [3.8, 4) is 17.2 Å². The van der Waals surface area contributed by atoms with Crippen LogP contribution in [0.1, 0.15) is 35.3 Å². The van der Waals surface area contributed by atoms with E-state index in [-0.39, 0.29) is 11.5 Å². The van der Waals surface area contributed by atoms with Crippen LogP contribution in [0.3, 0.4) is 0 Å². The van der Waals surface area contributed by atoms with Crippen molar-refractivity contribution in [2.75, 3.05) is 26.9 Å². The Morgan fingerprint density at radius 2 is 1.83 bits per heavy atom. The predicted octanol–water partition coefficient (Wildman–Crippen LogP) is 2.80. The molecule has 1 amide bonds. The molecule has 1 aliphatic heterocycles. The summed E-state index contributed by atoms with van der Waals surface area (Å²) in [7, 11) is 1.49. The second-order valence-corrected chi connectivity index (χ2v) is 7.32. The van der Waals surface area contributed by atoms with Gasteiger partial charge in [-0.15, -0.1) is 0 Å². The highest BCUT2D eigenvalue weighted by Crippen LogP contribution is 2.35. The summed E-state index contributed by atoms with van der Waals surface area (Å²) in [5.74, 6) is 0.705. The minimum absolute atomic E-state index is 0.115. The number of nitrogens with one attached hydrogen (secondary N) is 1. The van der Waals surface area contributed by atoms with Crippen LogP contribution in [0.2, 0.25) is 0 Å². The molecule has 0 spiro atoms. The quantitative estimate of drug-likeness (QED) is 0.744. The number of aromatic carboxylic acids is 1. The SMILES string of the molecule is COc1cc(C(=O)O)ccc1CCNC(=O)C(C)(C)c1ccc2c(c1)OCCO2. The fourth-order valence-electron chi connectivity index (χ4n) is 3.18. The molecular weight excluding hydrogens is 374 g/mol. The van der Waals surface area contributed by atoms with E-state index < -0.39 is 11.4 Å². The highest BCUT2D eigenvalue weighted by Gasteiger charge is 2.31. The number of rotatable bonds is 7. The van der Waals surface area contributed by atoms with Gasteiger partial charge in [-0.1, -0.05) is 12.1 Å². The molecule has 0 atom stereocenters. The van der Waals surface area contributed by atoms with Crippen LogP contribution in [-0.2, 0) is 16.6 Å². The molecule has 0 unspecified atom stereocenters. The fraction of sp³-hybridized carbons (Fsp3) is 0.364. The topological polar surface area (TPSA) is 94.1 Å². The first-order valence-corrected chi connectivity index (χ1v) is 9.41. The summed E-state index contributed by atoms with van der Waals surface area (Å²) in [6.07, 6.45) is 0.520. The molecule has 2 N–H and O–H groups in total. The molecule has 154 valence electrons. The van der Waals surface area contributed by atoms with Crippen LogP contribution >= 0.6 is 0 Å². The van der Waals surface area contributed by atoms with Crippen LogP contribution in [0.5, 0.6) is 17.2 Å². The van der Waals surface area contributed by atoms with Crippen LogP contribution in [0, 0.1) is 0 Å². The number of hydrogen-bond acceptors (Lipinski definition) is 5. The third-order valence-corrected chi connectivity index (χ3v) is 5.05. The van der Waals surface area contributed by atoms with E-state index in [0.717, 1.165) is 11.1 Å². The van der Waals surface area contributed by atoms with Gasteiger partial charge in [-0.2, -0.15) is 0 Å². The molecule has 0 fully saturated rings. The predicted molar refractivity (Wildman–Crippen MR) is 107 cm³/mol. The van der Waals surface area contributed by atoms with Gasteiger partial charge >= 0.3 is 5.97 Å². The van der Waals surface area contributed by atoms with Crippen LogP contribution < -0.4 is 19.5 Å². The van der Waals surface area contributed by atoms with Gasteiger partial charge in [-0.05, 0) is 55.7 Å². The van der Waals surface area contributed by atoms with Gasteiger partial charge in [-0.25, -0.2) is 4.79 Å². The van der Waals surface area contributed by atoms with E-state index in [1.165, 1.54) is 19.2 Å². The molecule has 7 heteroatoms. The van der Waals surface area contributed by atoms with Gasteiger partial charge in [0.25, 0.3) is 0 Å². The molecule has 0 saturated carbocycles. The Morgan fingerprint density at radius 1 is 1.10 bits per heavy atom. The molecule has 2 aromatic rings. The molecule has 2 aromatic carbocycles. The zero-order valence-corrected chi connectivity index (χ0v) is 16.8. The number of fused-ring (bicyclic) bond motifs is 1. The Morgan fingerprint density at radius 3 is 2.52 bits per heavy atom. The zero-order valence-electron chi connectivity index (χ0n) is 16.8.